The zero-order valence-electron chi connectivity index (χ0n) is 10.6. The summed E-state index contributed by atoms with van der Waals surface area (Å²) in [6.07, 6.45) is 2.19. The second-order valence-corrected chi connectivity index (χ2v) is 4.32. The van der Waals surface area contributed by atoms with Gasteiger partial charge in [0.25, 0.3) is 5.69 Å². The van der Waals surface area contributed by atoms with E-state index in [0.29, 0.717) is 23.9 Å². The van der Waals surface area contributed by atoms with Crippen LogP contribution in [0.1, 0.15) is 5.56 Å². The van der Waals surface area contributed by atoms with Gasteiger partial charge in [0.1, 0.15) is 0 Å². The van der Waals surface area contributed by atoms with Gasteiger partial charge in [0, 0.05) is 25.4 Å². The summed E-state index contributed by atoms with van der Waals surface area (Å²) in [7, 11) is 1.59. The van der Waals surface area contributed by atoms with Crippen molar-refractivity contribution in [3.05, 3.63) is 46.1 Å². The summed E-state index contributed by atoms with van der Waals surface area (Å²) >= 11 is 0. The molecule has 0 aliphatic rings. The summed E-state index contributed by atoms with van der Waals surface area (Å²) in [6, 6.07) is 6.44. The maximum atomic E-state index is 11.0. The Morgan fingerprint density at radius 2 is 2.26 bits per heavy atom. The number of methoxy groups -OCH3 is 1. The summed E-state index contributed by atoms with van der Waals surface area (Å²) < 4.78 is 5.00. The van der Waals surface area contributed by atoms with Crippen molar-refractivity contribution in [3.63, 3.8) is 0 Å². The molecule has 1 aromatic heterocycles. The summed E-state index contributed by atoms with van der Waals surface area (Å²) in [6.45, 7) is 0.436. The predicted octanol–water partition coefficient (Wildman–Crippen LogP) is 1.66. The molecule has 100 valence electrons. The predicted molar refractivity (Wildman–Crippen MR) is 72.0 cm³/mol. The third-order valence-corrected chi connectivity index (χ3v) is 2.89. The summed E-state index contributed by atoms with van der Waals surface area (Å²) in [5, 5.41) is 11.5. The fourth-order valence-electron chi connectivity index (χ4n) is 2.10. The molecule has 0 radical (unpaired) electrons. The average Bonchev–Trinajstić information content (AvgIpc) is 2.39. The first-order chi connectivity index (χ1) is 9.13. The molecule has 1 unspecified atom stereocenters. The number of nitrogens with zero attached hydrogens (tertiary/aromatic N) is 2. The Kier molecular flexibility index (Phi) is 4.03. The van der Waals surface area contributed by atoms with E-state index >= 15 is 0 Å². The van der Waals surface area contributed by atoms with Crippen LogP contribution in [0, 0.1) is 10.1 Å². The second kappa shape index (κ2) is 5.73. The van der Waals surface area contributed by atoms with Gasteiger partial charge in [0.05, 0.1) is 22.4 Å². The first kappa shape index (κ1) is 13.4. The molecule has 1 heterocycles. The largest absolute Gasteiger partial charge is 0.383 e. The highest BCUT2D eigenvalue weighted by Gasteiger charge is 2.16. The van der Waals surface area contributed by atoms with Crippen molar-refractivity contribution in [3.8, 4) is 0 Å². The van der Waals surface area contributed by atoms with Gasteiger partial charge in [-0.1, -0.05) is 0 Å². The van der Waals surface area contributed by atoms with Gasteiger partial charge in [0.2, 0.25) is 0 Å². The number of ether oxygens (including phenoxy) is 1. The van der Waals surface area contributed by atoms with Crippen LogP contribution >= 0.6 is 0 Å². The number of hydrogen-bond donors (Lipinski definition) is 1. The summed E-state index contributed by atoms with van der Waals surface area (Å²) in [4.78, 5) is 14.8. The van der Waals surface area contributed by atoms with Gasteiger partial charge >= 0.3 is 0 Å². The van der Waals surface area contributed by atoms with E-state index in [4.69, 9.17) is 10.5 Å². The maximum Gasteiger partial charge on any atom is 0.278 e. The van der Waals surface area contributed by atoms with Crippen LogP contribution in [0.5, 0.6) is 0 Å². The van der Waals surface area contributed by atoms with E-state index in [2.05, 4.69) is 4.98 Å². The third kappa shape index (κ3) is 2.86. The van der Waals surface area contributed by atoms with Gasteiger partial charge in [-0.15, -0.1) is 0 Å². The summed E-state index contributed by atoms with van der Waals surface area (Å²) in [5.41, 5.74) is 7.50. The highest BCUT2D eigenvalue weighted by Crippen LogP contribution is 2.27. The van der Waals surface area contributed by atoms with E-state index in [1.54, 1.807) is 31.5 Å². The van der Waals surface area contributed by atoms with Crippen LogP contribution in [-0.2, 0) is 11.2 Å². The van der Waals surface area contributed by atoms with Crippen LogP contribution in [0.15, 0.2) is 30.5 Å². The van der Waals surface area contributed by atoms with E-state index in [1.165, 1.54) is 6.07 Å². The molecule has 1 atom stereocenters. The number of nitro benzene ring substituents is 1. The molecule has 6 heteroatoms. The van der Waals surface area contributed by atoms with E-state index in [1.807, 2.05) is 0 Å². The quantitative estimate of drug-likeness (QED) is 0.652. The molecule has 0 saturated carbocycles. The first-order valence-electron chi connectivity index (χ1n) is 5.89. The van der Waals surface area contributed by atoms with Crippen molar-refractivity contribution >= 4 is 16.6 Å². The monoisotopic (exact) mass is 261 g/mol. The molecule has 0 aliphatic heterocycles. The highest BCUT2D eigenvalue weighted by atomic mass is 16.6. The first-order valence-corrected chi connectivity index (χ1v) is 5.89. The van der Waals surface area contributed by atoms with E-state index in [-0.39, 0.29) is 11.7 Å². The Balaban J connectivity index is 2.46. The Morgan fingerprint density at radius 3 is 2.95 bits per heavy atom. The number of hydrogen-bond acceptors (Lipinski definition) is 5. The SMILES string of the molecule is COCC(N)Cc1ccc([N+](=O)[O-])c2cccnc12. The Bertz CT molecular complexity index is 601. The lowest BCUT2D eigenvalue weighted by Gasteiger charge is -2.12. The van der Waals surface area contributed by atoms with E-state index in [0.717, 1.165) is 5.56 Å². The van der Waals surface area contributed by atoms with Gasteiger partial charge in [-0.2, -0.15) is 0 Å². The molecule has 2 aromatic rings. The van der Waals surface area contributed by atoms with Gasteiger partial charge in [-0.25, -0.2) is 0 Å². The smallest absolute Gasteiger partial charge is 0.278 e. The molecule has 0 amide bonds. The molecule has 0 saturated heterocycles. The van der Waals surface area contributed by atoms with E-state index in [9.17, 15) is 10.1 Å². The van der Waals surface area contributed by atoms with Crippen LogP contribution in [0.25, 0.3) is 10.9 Å². The molecule has 0 fully saturated rings. The molecule has 0 spiro atoms. The standard InChI is InChI=1S/C13H15N3O3/c1-19-8-10(14)7-9-4-5-12(16(17)18)11-3-2-6-15-13(9)11/h2-6,10H,7-8,14H2,1H3. The van der Waals surface area contributed by atoms with Crippen LogP contribution in [0.2, 0.25) is 0 Å². The minimum absolute atomic E-state index is 0.0622. The second-order valence-electron chi connectivity index (χ2n) is 4.32. The molecule has 1 aromatic carbocycles. The number of nitro groups is 1. The molecule has 2 rings (SSSR count). The zero-order chi connectivity index (χ0) is 13.8. The number of fused-ring (bicyclic) bond motifs is 1. The lowest BCUT2D eigenvalue weighted by atomic mass is 10.0. The number of benzene rings is 1. The van der Waals surface area contributed by atoms with Crippen LogP contribution in [-0.4, -0.2) is 29.7 Å². The van der Waals surface area contributed by atoms with Gasteiger partial charge in [-0.05, 0) is 30.2 Å². The van der Waals surface area contributed by atoms with Crippen molar-refractivity contribution in [1.82, 2.24) is 4.98 Å². The van der Waals surface area contributed by atoms with Crippen molar-refractivity contribution in [2.45, 2.75) is 12.5 Å². The van der Waals surface area contributed by atoms with Crippen molar-refractivity contribution < 1.29 is 9.66 Å². The Morgan fingerprint density at radius 1 is 1.47 bits per heavy atom. The number of non-ortho nitro benzene ring substituents is 1. The lowest BCUT2D eigenvalue weighted by Crippen LogP contribution is -2.28. The topological polar surface area (TPSA) is 91.3 Å². The molecule has 6 nitrogen and oxygen atoms in total. The maximum absolute atomic E-state index is 11.0. The number of rotatable bonds is 5. The fraction of sp³-hybridized carbons (Fsp3) is 0.308. The molecule has 2 N–H and O–H groups in total. The average molecular weight is 261 g/mol. The van der Waals surface area contributed by atoms with Gasteiger partial charge < -0.3 is 10.5 Å². The van der Waals surface area contributed by atoms with Crippen molar-refractivity contribution in [2.75, 3.05) is 13.7 Å². The van der Waals surface area contributed by atoms with Crippen LogP contribution in [0.3, 0.4) is 0 Å². The molecule has 0 aliphatic carbocycles. The summed E-state index contributed by atoms with van der Waals surface area (Å²) in [5.74, 6) is 0. The molecule has 19 heavy (non-hydrogen) atoms. The minimum Gasteiger partial charge on any atom is -0.383 e. The van der Waals surface area contributed by atoms with E-state index < -0.39 is 4.92 Å². The Hall–Kier alpha value is -2.05. The number of pyridine rings is 1. The Labute approximate surface area is 110 Å². The lowest BCUT2D eigenvalue weighted by molar-refractivity contribution is -0.383. The van der Waals surface area contributed by atoms with Crippen LogP contribution in [0.4, 0.5) is 5.69 Å². The van der Waals surface area contributed by atoms with Crippen LogP contribution < -0.4 is 5.73 Å². The van der Waals surface area contributed by atoms with Crippen molar-refractivity contribution in [1.29, 1.82) is 0 Å². The minimum atomic E-state index is -0.400. The highest BCUT2D eigenvalue weighted by molar-refractivity contribution is 5.90. The third-order valence-electron chi connectivity index (χ3n) is 2.89. The molecular weight excluding hydrogens is 246 g/mol. The van der Waals surface area contributed by atoms with Gasteiger partial charge in [-0.3, -0.25) is 15.1 Å². The van der Waals surface area contributed by atoms with Crippen molar-refractivity contribution in [2.24, 2.45) is 5.73 Å². The number of aromatic nitrogens is 1. The van der Waals surface area contributed by atoms with Gasteiger partial charge in [0.15, 0.2) is 0 Å². The molecule has 0 bridgehead atoms. The number of nitrogens with two attached hydrogens (primary N) is 1. The normalized spacial score (nSPS) is 12.5. The zero-order valence-corrected chi connectivity index (χ0v) is 10.6. The molecular formula is C13H15N3O3. The fourth-order valence-corrected chi connectivity index (χ4v) is 2.10.